The summed E-state index contributed by atoms with van der Waals surface area (Å²) >= 11 is 1.45. The summed E-state index contributed by atoms with van der Waals surface area (Å²) in [6, 6.07) is 11.0. The molecule has 0 N–H and O–H groups in total. The van der Waals surface area contributed by atoms with Crippen molar-refractivity contribution in [1.29, 1.82) is 0 Å². The van der Waals surface area contributed by atoms with Gasteiger partial charge in [0, 0.05) is 25.5 Å². The molecule has 0 aliphatic carbocycles. The smallest absolute Gasteiger partial charge is 0.263 e. The van der Waals surface area contributed by atoms with Gasteiger partial charge in [-0.1, -0.05) is 17.4 Å². The van der Waals surface area contributed by atoms with Gasteiger partial charge in [-0.3, -0.25) is 9.69 Å². The maximum atomic E-state index is 13.7. The SMILES string of the molecule is COc1ccc2nc(N(CCCn3ccnc3)C(=O)c3cccc(OC)c3OC)sc2c1.Cl. The number of carbonyl (C=O) groups is 1. The lowest BCUT2D eigenvalue weighted by atomic mass is 10.1. The van der Waals surface area contributed by atoms with Crippen LogP contribution in [-0.4, -0.2) is 48.3 Å². The number of methoxy groups -OCH3 is 3. The number of hydrogen-bond donors (Lipinski definition) is 0. The molecule has 0 fully saturated rings. The van der Waals surface area contributed by atoms with Gasteiger partial charge in [0.25, 0.3) is 5.91 Å². The lowest BCUT2D eigenvalue weighted by Crippen LogP contribution is -2.32. The van der Waals surface area contributed by atoms with Crippen LogP contribution in [0.15, 0.2) is 55.1 Å². The van der Waals surface area contributed by atoms with Crippen molar-refractivity contribution in [3.05, 3.63) is 60.7 Å². The van der Waals surface area contributed by atoms with Crippen molar-refractivity contribution in [3.63, 3.8) is 0 Å². The second-order valence-corrected chi connectivity index (χ2v) is 7.99. The summed E-state index contributed by atoms with van der Waals surface area (Å²) in [6.07, 6.45) is 6.14. The molecule has 0 aliphatic rings. The highest BCUT2D eigenvalue weighted by molar-refractivity contribution is 7.22. The molecule has 0 bridgehead atoms. The van der Waals surface area contributed by atoms with Crippen molar-refractivity contribution in [2.75, 3.05) is 32.8 Å². The number of carbonyl (C=O) groups excluding carboxylic acids is 1. The first kappa shape index (κ1) is 24.3. The highest BCUT2D eigenvalue weighted by atomic mass is 35.5. The minimum Gasteiger partial charge on any atom is -0.497 e. The number of halogens is 1. The van der Waals surface area contributed by atoms with Crippen LogP contribution in [0.2, 0.25) is 0 Å². The summed E-state index contributed by atoms with van der Waals surface area (Å²) in [5, 5.41) is 0.619. The number of para-hydroxylation sites is 1. The number of thiazole rings is 1. The van der Waals surface area contributed by atoms with E-state index in [-0.39, 0.29) is 18.3 Å². The second kappa shape index (κ2) is 11.0. The predicted molar refractivity (Wildman–Crippen MR) is 131 cm³/mol. The van der Waals surface area contributed by atoms with Crippen molar-refractivity contribution < 1.29 is 19.0 Å². The number of aromatic nitrogens is 3. The van der Waals surface area contributed by atoms with Crippen LogP contribution in [0.25, 0.3) is 10.2 Å². The topological polar surface area (TPSA) is 78.7 Å². The van der Waals surface area contributed by atoms with Crippen molar-refractivity contribution in [1.82, 2.24) is 14.5 Å². The Morgan fingerprint density at radius 2 is 1.97 bits per heavy atom. The van der Waals surface area contributed by atoms with E-state index in [4.69, 9.17) is 19.2 Å². The van der Waals surface area contributed by atoms with Crippen molar-refractivity contribution in [2.45, 2.75) is 13.0 Å². The fraction of sp³-hybridized carbons (Fsp3) is 0.261. The number of benzene rings is 2. The van der Waals surface area contributed by atoms with Crippen molar-refractivity contribution >= 4 is 45.0 Å². The Kier molecular flexibility index (Phi) is 8.13. The van der Waals surface area contributed by atoms with Gasteiger partial charge in [-0.05, 0) is 36.8 Å². The average molecular weight is 489 g/mol. The zero-order chi connectivity index (χ0) is 22.5. The quantitative estimate of drug-likeness (QED) is 0.340. The number of rotatable bonds is 9. The van der Waals surface area contributed by atoms with Crippen LogP contribution in [0, 0.1) is 0 Å². The van der Waals surface area contributed by atoms with E-state index >= 15 is 0 Å². The van der Waals surface area contributed by atoms with Crippen LogP contribution >= 0.6 is 23.7 Å². The third-order valence-corrected chi connectivity index (χ3v) is 6.09. The molecule has 10 heteroatoms. The number of nitrogens with zero attached hydrogens (tertiary/aromatic N) is 4. The third kappa shape index (κ3) is 5.20. The molecule has 2 heterocycles. The first-order chi connectivity index (χ1) is 15.6. The summed E-state index contributed by atoms with van der Waals surface area (Å²) < 4.78 is 19.2. The minimum absolute atomic E-state index is 0. The fourth-order valence-corrected chi connectivity index (χ4v) is 4.47. The zero-order valence-corrected chi connectivity index (χ0v) is 20.2. The molecule has 8 nitrogen and oxygen atoms in total. The highest BCUT2D eigenvalue weighted by Gasteiger charge is 2.25. The average Bonchev–Trinajstić information content (AvgIpc) is 3.49. The van der Waals surface area contributed by atoms with Gasteiger partial charge >= 0.3 is 0 Å². The number of aryl methyl sites for hydroxylation is 1. The molecule has 0 atom stereocenters. The lowest BCUT2D eigenvalue weighted by molar-refractivity contribution is 0.0982. The normalized spacial score (nSPS) is 10.5. The lowest BCUT2D eigenvalue weighted by Gasteiger charge is -2.22. The van der Waals surface area contributed by atoms with Crippen LogP contribution in [-0.2, 0) is 6.54 Å². The molecular weight excluding hydrogens is 464 g/mol. The van der Waals surface area contributed by atoms with Crippen LogP contribution < -0.4 is 19.1 Å². The predicted octanol–water partition coefficient (Wildman–Crippen LogP) is 4.68. The molecule has 0 aliphatic heterocycles. The van der Waals surface area contributed by atoms with Gasteiger partial charge in [0.1, 0.15) is 5.75 Å². The molecule has 2 aromatic heterocycles. The van der Waals surface area contributed by atoms with E-state index < -0.39 is 0 Å². The zero-order valence-electron chi connectivity index (χ0n) is 18.6. The Morgan fingerprint density at radius 1 is 1.12 bits per heavy atom. The summed E-state index contributed by atoms with van der Waals surface area (Å²) in [6.45, 7) is 1.21. The minimum atomic E-state index is -0.197. The number of anilines is 1. The molecule has 1 amide bonds. The van der Waals surface area contributed by atoms with Crippen LogP contribution in [0.1, 0.15) is 16.8 Å². The number of hydrogen-bond acceptors (Lipinski definition) is 7. The molecule has 0 spiro atoms. The Bertz CT molecular complexity index is 1210. The molecule has 0 radical (unpaired) electrons. The summed E-state index contributed by atoms with van der Waals surface area (Å²) in [5.74, 6) is 1.46. The molecule has 4 aromatic rings. The van der Waals surface area contributed by atoms with E-state index in [9.17, 15) is 4.79 Å². The highest BCUT2D eigenvalue weighted by Crippen LogP contribution is 2.35. The van der Waals surface area contributed by atoms with Crippen molar-refractivity contribution in [2.24, 2.45) is 0 Å². The number of amides is 1. The second-order valence-electron chi connectivity index (χ2n) is 6.98. The number of fused-ring (bicyclic) bond motifs is 1. The Labute approximate surface area is 202 Å². The first-order valence-corrected chi connectivity index (χ1v) is 10.9. The third-order valence-electron chi connectivity index (χ3n) is 5.05. The summed E-state index contributed by atoms with van der Waals surface area (Å²) in [4.78, 5) is 24.2. The molecule has 2 aromatic carbocycles. The largest absolute Gasteiger partial charge is 0.497 e. The maximum absolute atomic E-state index is 13.7. The van der Waals surface area contributed by atoms with Gasteiger partial charge in [0.15, 0.2) is 16.6 Å². The van der Waals surface area contributed by atoms with Gasteiger partial charge in [-0.25, -0.2) is 9.97 Å². The molecule has 174 valence electrons. The maximum Gasteiger partial charge on any atom is 0.263 e. The fourth-order valence-electron chi connectivity index (χ4n) is 3.45. The Balaban J connectivity index is 0.00000306. The van der Waals surface area contributed by atoms with Gasteiger partial charge in [0.2, 0.25) is 0 Å². The van der Waals surface area contributed by atoms with Gasteiger partial charge < -0.3 is 18.8 Å². The van der Waals surface area contributed by atoms with Gasteiger partial charge in [-0.15, -0.1) is 12.4 Å². The van der Waals surface area contributed by atoms with E-state index in [1.54, 1.807) is 49.8 Å². The van der Waals surface area contributed by atoms with E-state index in [1.165, 1.54) is 18.4 Å². The van der Waals surface area contributed by atoms with Crippen LogP contribution in [0.5, 0.6) is 17.2 Å². The number of imidazole rings is 1. The molecule has 0 saturated carbocycles. The molecule has 33 heavy (non-hydrogen) atoms. The van der Waals surface area contributed by atoms with E-state index in [2.05, 4.69) is 4.98 Å². The van der Waals surface area contributed by atoms with E-state index in [0.717, 1.165) is 28.9 Å². The Morgan fingerprint density at radius 3 is 2.67 bits per heavy atom. The molecule has 4 rings (SSSR count). The van der Waals surface area contributed by atoms with Gasteiger partial charge in [0.05, 0.1) is 43.4 Å². The summed E-state index contributed by atoms with van der Waals surface area (Å²) in [5.41, 5.74) is 1.24. The van der Waals surface area contributed by atoms with Crippen LogP contribution in [0.4, 0.5) is 5.13 Å². The van der Waals surface area contributed by atoms with Gasteiger partial charge in [-0.2, -0.15) is 0 Å². The van der Waals surface area contributed by atoms with E-state index in [1.807, 2.05) is 29.0 Å². The molecular formula is C23H25ClN4O4S. The number of ether oxygens (including phenoxy) is 3. The van der Waals surface area contributed by atoms with Crippen LogP contribution in [0.3, 0.4) is 0 Å². The monoisotopic (exact) mass is 488 g/mol. The summed E-state index contributed by atoms with van der Waals surface area (Å²) in [7, 11) is 4.71. The Hall–Kier alpha value is -3.30. The van der Waals surface area contributed by atoms with E-state index in [0.29, 0.717) is 28.7 Å². The standard InChI is InChI=1S/C23H24N4O4S.ClH/c1-29-16-8-9-18-20(14-16)32-23(25-18)27(12-5-11-26-13-10-24-15-26)22(28)17-6-4-7-19(30-2)21(17)31-3;/h4,6-10,13-15H,5,11-12H2,1-3H3;1H. The first-order valence-electron chi connectivity index (χ1n) is 10.1. The molecule has 0 unspecified atom stereocenters. The molecule has 0 saturated heterocycles. The van der Waals surface area contributed by atoms with Crippen molar-refractivity contribution in [3.8, 4) is 17.2 Å².